The highest BCUT2D eigenvalue weighted by atomic mass is 19.2. The number of rotatable bonds is 4. The van der Waals surface area contributed by atoms with E-state index in [0.29, 0.717) is 37.3 Å². The summed E-state index contributed by atoms with van der Waals surface area (Å²) in [4.78, 5) is 21.7. The summed E-state index contributed by atoms with van der Waals surface area (Å²) in [5, 5.41) is 0. The number of imidazole rings is 1. The van der Waals surface area contributed by atoms with Gasteiger partial charge in [0.25, 0.3) is 5.91 Å². The molecule has 3 aromatic rings. The lowest BCUT2D eigenvalue weighted by Crippen LogP contribution is -2.57. The number of piperidine rings is 1. The summed E-state index contributed by atoms with van der Waals surface area (Å²) in [6.07, 6.45) is 6.75. The van der Waals surface area contributed by atoms with Crippen LogP contribution in [-0.2, 0) is 4.79 Å². The van der Waals surface area contributed by atoms with Gasteiger partial charge in [0.2, 0.25) is 0 Å². The molecule has 0 saturated carbocycles. The van der Waals surface area contributed by atoms with E-state index in [0.717, 1.165) is 29.1 Å². The van der Waals surface area contributed by atoms with E-state index in [4.69, 9.17) is 4.74 Å². The summed E-state index contributed by atoms with van der Waals surface area (Å²) in [7, 11) is 3.50. The molecule has 2 aromatic carbocycles. The smallest absolute Gasteiger partial charge is 0.250 e. The highest BCUT2D eigenvalue weighted by Gasteiger charge is 2.41. The summed E-state index contributed by atoms with van der Waals surface area (Å²) in [5.74, 6) is -3.56. The third-order valence-electron chi connectivity index (χ3n) is 6.92. The van der Waals surface area contributed by atoms with Crippen molar-refractivity contribution >= 4 is 12.0 Å². The van der Waals surface area contributed by atoms with Gasteiger partial charge in [0.1, 0.15) is 5.75 Å². The van der Waals surface area contributed by atoms with E-state index < -0.39 is 23.5 Å². The maximum atomic E-state index is 14.0. The maximum Gasteiger partial charge on any atom is 0.250 e. The number of aryl methyl sites for hydroxylation is 1. The van der Waals surface area contributed by atoms with Crippen molar-refractivity contribution in [3.05, 3.63) is 82.7 Å². The molecule has 0 radical (unpaired) electrons. The van der Waals surface area contributed by atoms with Crippen LogP contribution in [0.2, 0.25) is 0 Å². The Kier molecular flexibility index (Phi) is 6.34. The quantitative estimate of drug-likeness (QED) is 0.389. The Morgan fingerprint density at radius 3 is 2.53 bits per heavy atom. The van der Waals surface area contributed by atoms with Gasteiger partial charge >= 0.3 is 0 Å². The van der Waals surface area contributed by atoms with Crippen LogP contribution in [0.1, 0.15) is 35.7 Å². The number of carbonyl (C=O) groups is 1. The van der Waals surface area contributed by atoms with Crippen LogP contribution < -0.4 is 4.74 Å². The van der Waals surface area contributed by atoms with Crippen molar-refractivity contribution < 1.29 is 22.7 Å². The average Bonchev–Trinajstić information content (AvgIpc) is 3.29. The third-order valence-corrected chi connectivity index (χ3v) is 6.92. The van der Waals surface area contributed by atoms with Gasteiger partial charge in [-0.05, 0) is 68.3 Å². The number of hydrogen-bond donors (Lipinski definition) is 0. The monoisotopic (exact) mass is 496 g/mol. The topological polar surface area (TPSA) is 50.6 Å². The molecule has 0 spiro atoms. The third kappa shape index (κ3) is 4.39. The number of amides is 1. The number of methoxy groups -OCH3 is 1. The average molecular weight is 497 g/mol. The minimum atomic E-state index is -1.51. The second-order valence-electron chi connectivity index (χ2n) is 9.46. The van der Waals surface area contributed by atoms with E-state index in [1.165, 1.54) is 0 Å². The molecule has 36 heavy (non-hydrogen) atoms. The Morgan fingerprint density at radius 1 is 1.11 bits per heavy atom. The van der Waals surface area contributed by atoms with Gasteiger partial charge in [-0.15, -0.1) is 0 Å². The molecule has 0 bridgehead atoms. The number of aromatic nitrogens is 2. The Labute approximate surface area is 207 Å². The molecule has 188 valence electrons. The summed E-state index contributed by atoms with van der Waals surface area (Å²) in [6, 6.07) is 6.98. The standard InChI is InChI=1S/C27H27F3N4O2/c1-16-12-33(15-31-16)23-7-4-17(9-25(23)36-3)8-18-5-6-20-13-32(2)14-24(34(20)27(18)35)19-10-21(28)26(30)22(29)11-19/h4,7-12,15,20,24H,5-6,13-14H2,1-3H3/b18-8+/t20-,24-/m0/s1. The summed E-state index contributed by atoms with van der Waals surface area (Å²) < 4.78 is 49.2. The normalized spacial score (nSPS) is 21.7. The molecule has 0 aliphatic carbocycles. The first-order chi connectivity index (χ1) is 17.2. The van der Waals surface area contributed by atoms with Crippen molar-refractivity contribution in [3.8, 4) is 11.4 Å². The largest absolute Gasteiger partial charge is 0.495 e. The number of halogens is 3. The fourth-order valence-electron chi connectivity index (χ4n) is 5.21. The molecule has 3 heterocycles. The molecule has 2 saturated heterocycles. The molecule has 0 N–H and O–H groups in total. The molecular weight excluding hydrogens is 469 g/mol. The molecule has 2 aliphatic heterocycles. The first-order valence-electron chi connectivity index (χ1n) is 11.8. The van der Waals surface area contributed by atoms with E-state index in [-0.39, 0.29) is 17.5 Å². The molecule has 2 fully saturated rings. The fraction of sp³-hybridized carbons (Fsp3) is 0.333. The molecule has 2 aliphatic rings. The highest BCUT2D eigenvalue weighted by Crippen LogP contribution is 2.37. The number of nitrogens with zero attached hydrogens (tertiary/aromatic N) is 4. The van der Waals surface area contributed by atoms with Gasteiger partial charge in [-0.2, -0.15) is 0 Å². The number of carbonyl (C=O) groups excluding carboxylic acids is 1. The Bertz CT molecular complexity index is 1330. The highest BCUT2D eigenvalue weighted by molar-refractivity contribution is 5.99. The zero-order chi connectivity index (χ0) is 25.6. The zero-order valence-corrected chi connectivity index (χ0v) is 20.3. The Balaban J connectivity index is 1.47. The molecule has 2 atom stereocenters. The van der Waals surface area contributed by atoms with Gasteiger partial charge in [0, 0.05) is 30.9 Å². The molecular formula is C27H27F3N4O2. The van der Waals surface area contributed by atoms with Crippen LogP contribution in [-0.4, -0.2) is 58.5 Å². The van der Waals surface area contributed by atoms with Crippen molar-refractivity contribution in [2.75, 3.05) is 27.2 Å². The van der Waals surface area contributed by atoms with Gasteiger partial charge in [-0.3, -0.25) is 4.79 Å². The van der Waals surface area contributed by atoms with Gasteiger partial charge in [-0.1, -0.05) is 6.07 Å². The van der Waals surface area contributed by atoms with Crippen LogP contribution >= 0.6 is 0 Å². The summed E-state index contributed by atoms with van der Waals surface area (Å²) >= 11 is 0. The Morgan fingerprint density at radius 2 is 1.86 bits per heavy atom. The maximum absolute atomic E-state index is 14.0. The van der Waals surface area contributed by atoms with E-state index in [1.807, 2.05) is 53.9 Å². The number of fused-ring (bicyclic) bond motifs is 1. The van der Waals surface area contributed by atoms with E-state index in [1.54, 1.807) is 18.3 Å². The van der Waals surface area contributed by atoms with Crippen LogP contribution in [0.25, 0.3) is 11.8 Å². The predicted octanol–water partition coefficient (Wildman–Crippen LogP) is 4.67. The lowest BCUT2D eigenvalue weighted by molar-refractivity contribution is -0.138. The van der Waals surface area contributed by atoms with Gasteiger partial charge in [0.15, 0.2) is 17.5 Å². The van der Waals surface area contributed by atoms with Gasteiger partial charge < -0.3 is 19.1 Å². The Hall–Kier alpha value is -3.59. The fourth-order valence-corrected chi connectivity index (χ4v) is 5.21. The second kappa shape index (κ2) is 9.46. The summed E-state index contributed by atoms with van der Waals surface area (Å²) in [6.45, 7) is 2.96. The van der Waals surface area contributed by atoms with Crippen LogP contribution in [0, 0.1) is 24.4 Å². The number of hydrogen-bond acceptors (Lipinski definition) is 4. The summed E-state index contributed by atoms with van der Waals surface area (Å²) in [5.41, 5.74) is 3.37. The van der Waals surface area contributed by atoms with E-state index in [9.17, 15) is 18.0 Å². The van der Waals surface area contributed by atoms with Crippen LogP contribution in [0.4, 0.5) is 13.2 Å². The van der Waals surface area contributed by atoms with Crippen molar-refractivity contribution in [1.29, 1.82) is 0 Å². The van der Waals surface area contributed by atoms with Gasteiger partial charge in [-0.25, -0.2) is 18.2 Å². The lowest BCUT2D eigenvalue weighted by atomic mass is 9.89. The van der Waals surface area contributed by atoms with E-state index in [2.05, 4.69) is 4.98 Å². The molecule has 5 rings (SSSR count). The van der Waals surface area contributed by atoms with Crippen LogP contribution in [0.3, 0.4) is 0 Å². The SMILES string of the molecule is COc1cc(/C=C2\CC[C@H]3CN(C)C[C@@H](c4cc(F)c(F)c(F)c4)N3C2=O)ccc1-n1cnc(C)c1. The van der Waals surface area contributed by atoms with Crippen molar-refractivity contribution in [3.63, 3.8) is 0 Å². The van der Waals surface area contributed by atoms with Crippen LogP contribution in [0.5, 0.6) is 5.75 Å². The zero-order valence-electron chi connectivity index (χ0n) is 20.3. The first kappa shape index (κ1) is 24.1. The second-order valence-corrected chi connectivity index (χ2v) is 9.46. The number of likely N-dealkylation sites (N-methyl/N-ethyl adjacent to an activating group) is 1. The molecule has 1 aromatic heterocycles. The first-order valence-corrected chi connectivity index (χ1v) is 11.8. The lowest BCUT2D eigenvalue weighted by Gasteiger charge is -2.48. The van der Waals surface area contributed by atoms with Gasteiger partial charge in [0.05, 0.1) is 30.9 Å². The molecule has 1 amide bonds. The van der Waals surface area contributed by atoms with Crippen molar-refractivity contribution in [2.45, 2.75) is 31.8 Å². The molecule has 9 heteroatoms. The van der Waals surface area contributed by atoms with E-state index >= 15 is 0 Å². The van der Waals surface area contributed by atoms with Crippen LogP contribution in [0.15, 0.2) is 48.4 Å². The number of piperazine rings is 1. The minimum absolute atomic E-state index is 0.101. The minimum Gasteiger partial charge on any atom is -0.495 e. The number of benzene rings is 2. The molecule has 6 nitrogen and oxygen atoms in total. The predicted molar refractivity (Wildman–Crippen MR) is 129 cm³/mol. The molecule has 0 unspecified atom stereocenters. The van der Waals surface area contributed by atoms with Crippen molar-refractivity contribution in [1.82, 2.24) is 19.4 Å². The number of ether oxygens (including phenoxy) is 1. The van der Waals surface area contributed by atoms with Crippen molar-refractivity contribution in [2.24, 2.45) is 0 Å².